The second kappa shape index (κ2) is 7.12. The van der Waals surface area contributed by atoms with Crippen LogP contribution in [0.25, 0.3) is 0 Å². The van der Waals surface area contributed by atoms with E-state index in [4.69, 9.17) is 21.6 Å². The van der Waals surface area contributed by atoms with Gasteiger partial charge < -0.3 is 10.1 Å². The maximum Gasteiger partial charge on any atom is 0.136 e. The minimum atomic E-state index is 0.177. The molecule has 0 aliphatic rings. The quantitative estimate of drug-likeness (QED) is 0.905. The number of halogens is 1. The van der Waals surface area contributed by atoms with Gasteiger partial charge in [-0.05, 0) is 42.3 Å². The second-order valence-electron chi connectivity index (χ2n) is 4.80. The first-order valence-electron chi connectivity index (χ1n) is 6.70. The Kier molecular flexibility index (Phi) is 5.21. The smallest absolute Gasteiger partial charge is 0.136 e. The van der Waals surface area contributed by atoms with Crippen molar-refractivity contribution >= 4 is 11.6 Å². The standard InChI is InChI=1S/C17H17ClN2O/c1-12(14-4-3-5-16(18)9-14)20-11-13-6-7-17(21-2)15(8-13)10-19/h3-9,12,20H,11H2,1-2H3. The summed E-state index contributed by atoms with van der Waals surface area (Å²) in [5, 5.41) is 13.3. The number of benzene rings is 2. The number of ether oxygens (including phenoxy) is 1. The number of hydrogen-bond donors (Lipinski definition) is 1. The fraction of sp³-hybridized carbons (Fsp3) is 0.235. The van der Waals surface area contributed by atoms with Gasteiger partial charge in [0.15, 0.2) is 0 Å². The summed E-state index contributed by atoms with van der Waals surface area (Å²) >= 11 is 6.00. The van der Waals surface area contributed by atoms with E-state index < -0.39 is 0 Å². The first kappa shape index (κ1) is 15.4. The van der Waals surface area contributed by atoms with Gasteiger partial charge in [-0.15, -0.1) is 0 Å². The molecule has 0 bridgehead atoms. The van der Waals surface area contributed by atoms with Gasteiger partial charge in [0.1, 0.15) is 11.8 Å². The molecule has 108 valence electrons. The first-order valence-corrected chi connectivity index (χ1v) is 7.07. The average molecular weight is 301 g/mol. The minimum Gasteiger partial charge on any atom is -0.495 e. The van der Waals surface area contributed by atoms with Crippen molar-refractivity contribution in [3.05, 3.63) is 64.2 Å². The molecule has 21 heavy (non-hydrogen) atoms. The molecule has 0 saturated heterocycles. The lowest BCUT2D eigenvalue weighted by Crippen LogP contribution is -2.18. The summed E-state index contributed by atoms with van der Waals surface area (Å²) in [7, 11) is 1.56. The van der Waals surface area contributed by atoms with Gasteiger partial charge in [-0.25, -0.2) is 0 Å². The van der Waals surface area contributed by atoms with Gasteiger partial charge in [0, 0.05) is 17.6 Å². The zero-order valence-electron chi connectivity index (χ0n) is 12.1. The van der Waals surface area contributed by atoms with E-state index in [1.807, 2.05) is 42.5 Å². The van der Waals surface area contributed by atoms with Crippen LogP contribution in [0.1, 0.15) is 29.7 Å². The molecular formula is C17H17ClN2O. The molecule has 2 aromatic rings. The fourth-order valence-corrected chi connectivity index (χ4v) is 2.32. The van der Waals surface area contributed by atoms with E-state index in [1.54, 1.807) is 7.11 Å². The van der Waals surface area contributed by atoms with Crippen LogP contribution in [-0.4, -0.2) is 7.11 Å². The molecule has 0 aromatic heterocycles. The van der Waals surface area contributed by atoms with E-state index in [-0.39, 0.29) is 6.04 Å². The van der Waals surface area contributed by atoms with Crippen molar-refractivity contribution in [1.29, 1.82) is 5.26 Å². The summed E-state index contributed by atoms with van der Waals surface area (Å²) in [6.07, 6.45) is 0. The van der Waals surface area contributed by atoms with Crippen LogP contribution in [0.5, 0.6) is 5.75 Å². The molecule has 2 aromatic carbocycles. The highest BCUT2D eigenvalue weighted by atomic mass is 35.5. The SMILES string of the molecule is COc1ccc(CNC(C)c2cccc(Cl)c2)cc1C#N. The van der Waals surface area contributed by atoms with Gasteiger partial charge in [0.25, 0.3) is 0 Å². The third-order valence-corrected chi connectivity index (χ3v) is 3.58. The van der Waals surface area contributed by atoms with Crippen LogP contribution in [0.15, 0.2) is 42.5 Å². The fourth-order valence-electron chi connectivity index (χ4n) is 2.12. The molecule has 2 rings (SSSR count). The Morgan fingerprint density at radius 1 is 1.29 bits per heavy atom. The van der Waals surface area contributed by atoms with Crippen molar-refractivity contribution in [2.75, 3.05) is 7.11 Å². The van der Waals surface area contributed by atoms with E-state index in [1.165, 1.54) is 0 Å². The number of nitrogens with one attached hydrogen (secondary N) is 1. The van der Waals surface area contributed by atoms with E-state index in [0.717, 1.165) is 16.1 Å². The summed E-state index contributed by atoms with van der Waals surface area (Å²) < 4.78 is 5.14. The first-order chi connectivity index (χ1) is 10.1. The summed E-state index contributed by atoms with van der Waals surface area (Å²) in [6, 6.07) is 15.7. The van der Waals surface area contributed by atoms with Crippen LogP contribution < -0.4 is 10.1 Å². The largest absolute Gasteiger partial charge is 0.495 e. The molecule has 0 aliphatic carbocycles. The third-order valence-electron chi connectivity index (χ3n) is 3.35. The highest BCUT2D eigenvalue weighted by molar-refractivity contribution is 6.30. The Morgan fingerprint density at radius 3 is 2.76 bits per heavy atom. The number of methoxy groups -OCH3 is 1. The Labute approximate surface area is 130 Å². The lowest BCUT2D eigenvalue weighted by molar-refractivity contribution is 0.413. The molecular weight excluding hydrogens is 284 g/mol. The minimum absolute atomic E-state index is 0.177. The third kappa shape index (κ3) is 3.98. The summed E-state index contributed by atoms with van der Waals surface area (Å²) in [6.45, 7) is 2.76. The predicted molar refractivity (Wildman–Crippen MR) is 84.4 cm³/mol. The topological polar surface area (TPSA) is 45.0 Å². The number of hydrogen-bond acceptors (Lipinski definition) is 3. The molecule has 4 heteroatoms. The monoisotopic (exact) mass is 300 g/mol. The van der Waals surface area contributed by atoms with E-state index in [9.17, 15) is 0 Å². The van der Waals surface area contributed by atoms with Crippen molar-refractivity contribution in [2.24, 2.45) is 0 Å². The molecule has 0 radical (unpaired) electrons. The second-order valence-corrected chi connectivity index (χ2v) is 5.24. The molecule has 1 atom stereocenters. The molecule has 0 amide bonds. The van der Waals surface area contributed by atoms with Crippen molar-refractivity contribution < 1.29 is 4.74 Å². The van der Waals surface area contributed by atoms with E-state index in [2.05, 4.69) is 18.3 Å². The van der Waals surface area contributed by atoms with Gasteiger partial charge in [0.2, 0.25) is 0 Å². The summed E-state index contributed by atoms with van der Waals surface area (Å²) in [5.74, 6) is 0.601. The van der Waals surface area contributed by atoms with Gasteiger partial charge in [0.05, 0.1) is 12.7 Å². The predicted octanol–water partition coefficient (Wildman–Crippen LogP) is 4.07. The van der Waals surface area contributed by atoms with Crippen molar-refractivity contribution in [2.45, 2.75) is 19.5 Å². The van der Waals surface area contributed by atoms with Crippen LogP contribution in [0.3, 0.4) is 0 Å². The Balaban J connectivity index is 2.05. The van der Waals surface area contributed by atoms with Gasteiger partial charge >= 0.3 is 0 Å². The maximum atomic E-state index is 9.09. The van der Waals surface area contributed by atoms with Crippen molar-refractivity contribution in [3.8, 4) is 11.8 Å². The highest BCUT2D eigenvalue weighted by Crippen LogP contribution is 2.20. The average Bonchev–Trinajstić information content (AvgIpc) is 2.52. The lowest BCUT2D eigenvalue weighted by atomic mass is 10.1. The Bertz CT molecular complexity index is 664. The molecule has 0 spiro atoms. The van der Waals surface area contributed by atoms with Crippen LogP contribution in [0.4, 0.5) is 0 Å². The molecule has 0 heterocycles. The van der Waals surface area contributed by atoms with E-state index >= 15 is 0 Å². The van der Waals surface area contributed by atoms with Crippen LogP contribution >= 0.6 is 11.6 Å². The normalized spacial score (nSPS) is 11.7. The number of nitrogens with zero attached hydrogens (tertiary/aromatic N) is 1. The molecule has 1 N–H and O–H groups in total. The molecule has 0 aliphatic heterocycles. The maximum absolute atomic E-state index is 9.09. The van der Waals surface area contributed by atoms with Crippen molar-refractivity contribution in [1.82, 2.24) is 5.32 Å². The summed E-state index contributed by atoms with van der Waals surface area (Å²) in [4.78, 5) is 0. The van der Waals surface area contributed by atoms with Crippen LogP contribution in [0, 0.1) is 11.3 Å². The number of rotatable bonds is 5. The number of nitriles is 1. The molecule has 1 unspecified atom stereocenters. The zero-order chi connectivity index (χ0) is 15.2. The Morgan fingerprint density at radius 2 is 2.10 bits per heavy atom. The van der Waals surface area contributed by atoms with Crippen LogP contribution in [0.2, 0.25) is 5.02 Å². The molecule has 0 saturated carbocycles. The zero-order valence-corrected chi connectivity index (χ0v) is 12.8. The van der Waals surface area contributed by atoms with Crippen molar-refractivity contribution in [3.63, 3.8) is 0 Å². The molecule has 0 fully saturated rings. The van der Waals surface area contributed by atoms with Crippen LogP contribution in [-0.2, 0) is 6.54 Å². The Hall–Kier alpha value is -2.02. The molecule has 3 nitrogen and oxygen atoms in total. The van der Waals surface area contributed by atoms with Gasteiger partial charge in [-0.3, -0.25) is 0 Å². The highest BCUT2D eigenvalue weighted by Gasteiger charge is 2.07. The lowest BCUT2D eigenvalue weighted by Gasteiger charge is -2.15. The van der Waals surface area contributed by atoms with E-state index in [0.29, 0.717) is 17.9 Å². The van der Waals surface area contributed by atoms with Gasteiger partial charge in [-0.1, -0.05) is 29.8 Å². The van der Waals surface area contributed by atoms with Gasteiger partial charge in [-0.2, -0.15) is 5.26 Å². The summed E-state index contributed by atoms with van der Waals surface area (Å²) in [5.41, 5.74) is 2.73.